The number of rotatable bonds is 4. The molecule has 0 spiro atoms. The summed E-state index contributed by atoms with van der Waals surface area (Å²) in [6, 6.07) is 6.75. The number of nitrogens with zero attached hydrogens (tertiary/aromatic N) is 1. The molecule has 0 saturated carbocycles. The Labute approximate surface area is 104 Å². The van der Waals surface area contributed by atoms with Crippen molar-refractivity contribution in [2.45, 2.75) is 19.5 Å². The molecule has 96 valence electrons. The van der Waals surface area contributed by atoms with Gasteiger partial charge in [0.2, 0.25) is 5.66 Å². The highest BCUT2D eigenvalue weighted by molar-refractivity contribution is 6.02. The van der Waals surface area contributed by atoms with Gasteiger partial charge < -0.3 is 9.84 Å². The highest BCUT2D eigenvalue weighted by Crippen LogP contribution is 2.29. The van der Waals surface area contributed by atoms with Gasteiger partial charge in [-0.3, -0.25) is 4.79 Å². The Kier molecular flexibility index (Phi) is 2.96. The molecule has 1 atom stereocenters. The van der Waals surface area contributed by atoms with Crippen LogP contribution < -0.4 is 10.2 Å². The lowest BCUT2D eigenvalue weighted by molar-refractivity contribution is -0.140. The number of aliphatic carboxylic acids is 1. The van der Waals surface area contributed by atoms with Crippen LogP contribution in [0, 0.1) is 0 Å². The summed E-state index contributed by atoms with van der Waals surface area (Å²) in [5.74, 6) is -1.06. The zero-order valence-corrected chi connectivity index (χ0v) is 10.1. The van der Waals surface area contributed by atoms with E-state index >= 15 is 0 Å². The molecule has 1 heterocycles. The predicted molar refractivity (Wildman–Crippen MR) is 63.0 cm³/mol. The standard InChI is InChI=1S/C12H14N2O4/c1-3-18-9-7-5-4-6-8(9)10(15)14-12(2,13-14)11(16)17/h4-7,13H,3H2,1-2H3,(H,16,17). The second kappa shape index (κ2) is 4.30. The number of para-hydroxylation sites is 1. The number of benzene rings is 1. The van der Waals surface area contributed by atoms with E-state index in [2.05, 4.69) is 5.43 Å². The summed E-state index contributed by atoms with van der Waals surface area (Å²) in [5.41, 5.74) is 1.56. The van der Waals surface area contributed by atoms with E-state index in [4.69, 9.17) is 9.84 Å². The van der Waals surface area contributed by atoms with Crippen LogP contribution in [-0.2, 0) is 4.79 Å². The van der Waals surface area contributed by atoms with Gasteiger partial charge >= 0.3 is 5.97 Å². The summed E-state index contributed by atoms with van der Waals surface area (Å²) >= 11 is 0. The monoisotopic (exact) mass is 250 g/mol. The quantitative estimate of drug-likeness (QED) is 0.773. The van der Waals surface area contributed by atoms with Crippen molar-refractivity contribution < 1.29 is 19.4 Å². The van der Waals surface area contributed by atoms with Crippen molar-refractivity contribution in [1.29, 1.82) is 0 Å². The Bertz CT molecular complexity index is 503. The third-order valence-electron chi connectivity index (χ3n) is 2.76. The maximum absolute atomic E-state index is 12.1. The van der Waals surface area contributed by atoms with Gasteiger partial charge in [0.25, 0.3) is 5.91 Å². The van der Waals surface area contributed by atoms with E-state index in [0.29, 0.717) is 17.9 Å². The van der Waals surface area contributed by atoms with Crippen LogP contribution in [0.25, 0.3) is 0 Å². The Hall–Kier alpha value is -2.08. The molecule has 1 aliphatic rings. The van der Waals surface area contributed by atoms with E-state index in [1.54, 1.807) is 24.3 Å². The number of hydrogen-bond donors (Lipinski definition) is 2. The molecule has 0 radical (unpaired) electrons. The van der Waals surface area contributed by atoms with Crippen LogP contribution in [0.2, 0.25) is 0 Å². The number of carboxylic acid groups (broad SMARTS) is 1. The lowest BCUT2D eigenvalue weighted by Gasteiger charge is -2.10. The molecule has 2 rings (SSSR count). The summed E-state index contributed by atoms with van der Waals surface area (Å²) in [5, 5.41) is 10.0. The first-order chi connectivity index (χ1) is 8.50. The topological polar surface area (TPSA) is 88.5 Å². The first-order valence-electron chi connectivity index (χ1n) is 5.58. The van der Waals surface area contributed by atoms with Crippen LogP contribution in [0.5, 0.6) is 5.75 Å². The fraction of sp³-hybridized carbons (Fsp3) is 0.333. The largest absolute Gasteiger partial charge is 0.493 e. The van der Waals surface area contributed by atoms with Crippen molar-refractivity contribution in [2.24, 2.45) is 0 Å². The van der Waals surface area contributed by atoms with Gasteiger partial charge in [0, 0.05) is 0 Å². The highest BCUT2D eigenvalue weighted by atomic mass is 16.5. The van der Waals surface area contributed by atoms with Gasteiger partial charge in [0.05, 0.1) is 12.2 Å². The Morgan fingerprint density at radius 3 is 2.67 bits per heavy atom. The van der Waals surface area contributed by atoms with Gasteiger partial charge in [-0.05, 0) is 26.0 Å². The van der Waals surface area contributed by atoms with Gasteiger partial charge in [-0.25, -0.2) is 9.80 Å². The van der Waals surface area contributed by atoms with E-state index in [-0.39, 0.29) is 0 Å². The average Bonchev–Trinajstić information content (AvgIpc) is 3.04. The molecule has 0 aromatic heterocycles. The number of carbonyl (C=O) groups is 2. The molecule has 6 nitrogen and oxygen atoms in total. The van der Waals surface area contributed by atoms with Crippen LogP contribution in [0.3, 0.4) is 0 Å². The molecule has 1 fully saturated rings. The molecule has 1 unspecified atom stereocenters. The molecule has 1 saturated heterocycles. The fourth-order valence-corrected chi connectivity index (χ4v) is 1.64. The van der Waals surface area contributed by atoms with Crippen LogP contribution in [0.1, 0.15) is 24.2 Å². The molecule has 0 bridgehead atoms. The first-order valence-corrected chi connectivity index (χ1v) is 5.58. The Balaban J connectivity index is 2.23. The number of carbonyl (C=O) groups excluding carboxylic acids is 1. The molecule has 1 aromatic rings. The third kappa shape index (κ3) is 1.91. The van der Waals surface area contributed by atoms with Crippen molar-refractivity contribution in [1.82, 2.24) is 10.4 Å². The van der Waals surface area contributed by atoms with Crippen LogP contribution >= 0.6 is 0 Å². The highest BCUT2D eigenvalue weighted by Gasteiger charge is 2.58. The minimum absolute atomic E-state index is 0.344. The van der Waals surface area contributed by atoms with Gasteiger partial charge in [-0.1, -0.05) is 12.1 Å². The zero-order chi connectivity index (χ0) is 13.3. The van der Waals surface area contributed by atoms with Crippen molar-refractivity contribution in [3.8, 4) is 5.75 Å². The lowest BCUT2D eigenvalue weighted by Crippen LogP contribution is -2.29. The van der Waals surface area contributed by atoms with Crippen molar-refractivity contribution in [2.75, 3.05) is 6.61 Å². The van der Waals surface area contributed by atoms with Crippen LogP contribution in [-0.4, -0.2) is 34.3 Å². The smallest absolute Gasteiger partial charge is 0.347 e. The second-order valence-corrected chi connectivity index (χ2v) is 4.06. The van der Waals surface area contributed by atoms with E-state index in [0.717, 1.165) is 5.01 Å². The normalized spacial score (nSPS) is 21.6. The van der Waals surface area contributed by atoms with Gasteiger partial charge in [0.1, 0.15) is 5.75 Å². The van der Waals surface area contributed by atoms with E-state index in [1.807, 2.05) is 6.92 Å². The molecular formula is C12H14N2O4. The number of ether oxygens (including phenoxy) is 1. The summed E-state index contributed by atoms with van der Waals surface area (Å²) in [6.07, 6.45) is 0. The maximum atomic E-state index is 12.1. The molecular weight excluding hydrogens is 236 g/mol. The predicted octanol–water partition coefficient (Wildman–Crippen LogP) is 0.846. The van der Waals surface area contributed by atoms with Crippen molar-refractivity contribution in [3.63, 3.8) is 0 Å². The molecule has 1 aliphatic heterocycles. The summed E-state index contributed by atoms with van der Waals surface area (Å²) in [6.45, 7) is 3.68. The van der Waals surface area contributed by atoms with E-state index in [1.165, 1.54) is 6.92 Å². The van der Waals surface area contributed by atoms with Crippen LogP contribution in [0.4, 0.5) is 0 Å². The maximum Gasteiger partial charge on any atom is 0.347 e. The van der Waals surface area contributed by atoms with E-state index < -0.39 is 17.5 Å². The van der Waals surface area contributed by atoms with Crippen LogP contribution in [0.15, 0.2) is 24.3 Å². The molecule has 1 amide bonds. The van der Waals surface area contributed by atoms with Gasteiger partial charge in [-0.2, -0.15) is 5.43 Å². The fourth-order valence-electron chi connectivity index (χ4n) is 1.64. The minimum atomic E-state index is -1.32. The average molecular weight is 250 g/mol. The molecule has 18 heavy (non-hydrogen) atoms. The molecule has 6 heteroatoms. The Morgan fingerprint density at radius 1 is 1.44 bits per heavy atom. The number of nitrogens with one attached hydrogen (secondary N) is 1. The second-order valence-electron chi connectivity index (χ2n) is 4.06. The number of amides is 1. The summed E-state index contributed by atoms with van der Waals surface area (Å²) in [7, 11) is 0. The molecule has 2 N–H and O–H groups in total. The Morgan fingerprint density at radius 2 is 2.11 bits per heavy atom. The van der Waals surface area contributed by atoms with Crippen molar-refractivity contribution in [3.05, 3.63) is 29.8 Å². The minimum Gasteiger partial charge on any atom is -0.493 e. The first kappa shape index (κ1) is 12.4. The SMILES string of the molecule is CCOc1ccccc1C(=O)N1NC1(C)C(=O)O. The van der Waals surface area contributed by atoms with Gasteiger partial charge in [0.15, 0.2) is 0 Å². The van der Waals surface area contributed by atoms with Crippen molar-refractivity contribution >= 4 is 11.9 Å². The lowest BCUT2D eigenvalue weighted by atomic mass is 10.1. The number of hydrogen-bond acceptors (Lipinski definition) is 4. The van der Waals surface area contributed by atoms with Gasteiger partial charge in [-0.15, -0.1) is 0 Å². The van der Waals surface area contributed by atoms with E-state index in [9.17, 15) is 9.59 Å². The number of hydrazine groups is 1. The summed E-state index contributed by atoms with van der Waals surface area (Å²) in [4.78, 5) is 23.1. The summed E-state index contributed by atoms with van der Waals surface area (Å²) < 4.78 is 5.34. The molecule has 0 aliphatic carbocycles. The third-order valence-corrected chi connectivity index (χ3v) is 2.76. The zero-order valence-electron chi connectivity index (χ0n) is 10.1. The number of carboxylic acids is 1. The molecule has 1 aromatic carbocycles.